The summed E-state index contributed by atoms with van der Waals surface area (Å²) in [5.41, 5.74) is 0.255. The van der Waals surface area contributed by atoms with Gasteiger partial charge >= 0.3 is 0 Å². The third-order valence-corrected chi connectivity index (χ3v) is 11.1. The van der Waals surface area contributed by atoms with Crippen LogP contribution >= 0.6 is 0 Å². The van der Waals surface area contributed by atoms with Gasteiger partial charge in [-0.1, -0.05) is 37.8 Å². The summed E-state index contributed by atoms with van der Waals surface area (Å²) in [5, 5.41) is 18.3. The zero-order valence-electron chi connectivity index (χ0n) is 26.2. The molecule has 0 bridgehead atoms. The summed E-state index contributed by atoms with van der Waals surface area (Å²) in [6.07, 6.45) is -1.83. The lowest BCUT2D eigenvalue weighted by molar-refractivity contribution is 0.171. The maximum absolute atomic E-state index is 14.7. The van der Waals surface area contributed by atoms with Gasteiger partial charge in [0.05, 0.1) is 21.3 Å². The fraction of sp³-hybridized carbons (Fsp3) is 0.367. The number of methoxy groups -OCH3 is 3. The molecular formula is C30H37F2N5O6SSi. The smallest absolute Gasteiger partial charge is 0.246 e. The number of hydrogen-bond acceptors (Lipinski definition) is 9. The molecule has 11 nitrogen and oxygen atoms in total. The number of nitrogens with zero attached hydrogens (tertiary/aromatic N) is 5. The third-order valence-electron chi connectivity index (χ3n) is 7.22. The van der Waals surface area contributed by atoms with Crippen LogP contribution in [0.1, 0.15) is 18.6 Å². The van der Waals surface area contributed by atoms with E-state index in [-0.39, 0.29) is 29.8 Å². The van der Waals surface area contributed by atoms with Crippen LogP contribution in [0.2, 0.25) is 25.7 Å². The molecule has 0 aliphatic rings. The molecular weight excluding hydrogens is 625 g/mol. The third kappa shape index (κ3) is 7.10. The van der Waals surface area contributed by atoms with Crippen molar-refractivity contribution < 1.29 is 36.5 Å². The number of para-hydroxylation sites is 1. The largest absolute Gasteiger partial charge is 0.494 e. The second-order valence-electron chi connectivity index (χ2n) is 11.5. The number of sulfonamides is 1. The summed E-state index contributed by atoms with van der Waals surface area (Å²) in [5.74, 6) is -0.962. The maximum atomic E-state index is 14.7. The van der Waals surface area contributed by atoms with Crippen molar-refractivity contribution in [3.63, 3.8) is 0 Å². The molecule has 2 atom stereocenters. The average molecular weight is 662 g/mol. The van der Waals surface area contributed by atoms with Crippen LogP contribution in [-0.4, -0.2) is 74.5 Å². The van der Waals surface area contributed by atoms with E-state index in [1.54, 1.807) is 36.4 Å². The minimum Gasteiger partial charge on any atom is -0.494 e. The molecule has 0 aliphatic carbocycles. The summed E-state index contributed by atoms with van der Waals surface area (Å²) in [4.78, 5) is 4.50. The monoisotopic (exact) mass is 661 g/mol. The Kier molecular flexibility index (Phi) is 10.1. The molecule has 2 heterocycles. The molecule has 0 saturated carbocycles. The van der Waals surface area contributed by atoms with Crippen LogP contribution in [0.15, 0.2) is 54.6 Å². The number of rotatable bonds is 13. The lowest BCUT2D eigenvalue weighted by atomic mass is 10.1. The zero-order chi connectivity index (χ0) is 33.1. The number of aromatic nitrogens is 4. The van der Waals surface area contributed by atoms with E-state index in [1.807, 2.05) is 0 Å². The number of hydrogen-bond donors (Lipinski definition) is 1. The Morgan fingerprint density at radius 2 is 1.60 bits per heavy atom. The van der Waals surface area contributed by atoms with Crippen LogP contribution in [-0.2, 0) is 10.0 Å². The molecule has 0 aliphatic heterocycles. The van der Waals surface area contributed by atoms with E-state index in [4.69, 9.17) is 14.2 Å². The van der Waals surface area contributed by atoms with Gasteiger partial charge in [-0.25, -0.2) is 26.5 Å². The van der Waals surface area contributed by atoms with E-state index in [9.17, 15) is 22.3 Å². The molecule has 2 aromatic carbocycles. The Balaban J connectivity index is 2.00. The Hall–Kier alpha value is -4.08. The van der Waals surface area contributed by atoms with Crippen molar-refractivity contribution in [3.05, 3.63) is 71.8 Å². The van der Waals surface area contributed by atoms with Crippen molar-refractivity contribution in [2.24, 2.45) is 0 Å². The fourth-order valence-electron chi connectivity index (χ4n) is 4.65. The minimum absolute atomic E-state index is 0.0256. The van der Waals surface area contributed by atoms with Crippen LogP contribution in [0.3, 0.4) is 0 Å². The van der Waals surface area contributed by atoms with Crippen LogP contribution < -0.4 is 18.5 Å². The Morgan fingerprint density at radius 3 is 2.18 bits per heavy atom. The molecule has 1 N–H and O–H groups in total. The lowest BCUT2D eigenvalue weighted by Gasteiger charge is -2.31. The average Bonchev–Trinajstić information content (AvgIpc) is 3.43. The number of pyridine rings is 1. The van der Waals surface area contributed by atoms with E-state index in [0.29, 0.717) is 35.0 Å². The predicted molar refractivity (Wildman–Crippen MR) is 169 cm³/mol. The van der Waals surface area contributed by atoms with Crippen molar-refractivity contribution in [2.45, 2.75) is 44.0 Å². The van der Waals surface area contributed by atoms with Crippen LogP contribution in [0.5, 0.6) is 17.4 Å². The number of benzene rings is 2. The first-order valence-corrected chi connectivity index (χ1v) is 19.3. The van der Waals surface area contributed by atoms with Crippen molar-refractivity contribution >= 4 is 24.0 Å². The zero-order valence-corrected chi connectivity index (χ0v) is 28.0. The molecule has 15 heteroatoms. The van der Waals surface area contributed by atoms with E-state index in [2.05, 4.69) is 34.8 Å². The van der Waals surface area contributed by atoms with Crippen LogP contribution in [0, 0.1) is 11.6 Å². The highest BCUT2D eigenvalue weighted by molar-refractivity contribution is 7.93. The van der Waals surface area contributed by atoms with Crippen molar-refractivity contribution in [1.29, 1.82) is 0 Å². The molecule has 0 amide bonds. The van der Waals surface area contributed by atoms with Gasteiger partial charge in [-0.15, -0.1) is 10.2 Å². The standard InChI is InChI=1S/C30H37F2N5O6SSi/c1-19(28(38)21-15-14-20(31)18-22(21)32)44(39,40)36(16-17-45(5,6)7)30-35-34-29(23-10-8-13-26(33-23)43-4)37(30)27-24(41-2)11-9-12-25(27)42-3/h8-15,18-19,28,38H,16-17H2,1-7H3/t19-,28-/m0/s1. The molecule has 242 valence electrons. The predicted octanol–water partition coefficient (Wildman–Crippen LogP) is 5.23. The molecule has 0 saturated heterocycles. The van der Waals surface area contributed by atoms with E-state index < -0.39 is 41.1 Å². The minimum atomic E-state index is -4.51. The maximum Gasteiger partial charge on any atom is 0.246 e. The Labute approximate surface area is 262 Å². The molecule has 45 heavy (non-hydrogen) atoms. The number of anilines is 1. The SMILES string of the molecule is COc1cccc(-c2nnc(N(CC[Si](C)(C)C)S(=O)(=O)[C@@H](C)[C@H](O)c3ccc(F)cc3F)n2-c2c(OC)cccc2OC)n1. The first-order valence-electron chi connectivity index (χ1n) is 14.1. The summed E-state index contributed by atoms with van der Waals surface area (Å²) < 4.78 is 76.5. The second kappa shape index (κ2) is 13.5. The molecule has 0 radical (unpaired) electrons. The fourth-order valence-corrected chi connectivity index (χ4v) is 7.27. The number of ether oxygens (including phenoxy) is 3. The van der Waals surface area contributed by atoms with Gasteiger partial charge in [0.15, 0.2) is 5.82 Å². The molecule has 0 unspecified atom stereocenters. The highest BCUT2D eigenvalue weighted by Gasteiger charge is 2.40. The summed E-state index contributed by atoms with van der Waals surface area (Å²) in [7, 11) is -2.00. The number of aliphatic hydroxyl groups is 1. The molecule has 2 aromatic heterocycles. The van der Waals surface area contributed by atoms with Gasteiger partial charge in [-0.2, -0.15) is 0 Å². The first kappa shape index (κ1) is 33.8. The number of halogens is 2. The highest BCUT2D eigenvalue weighted by Crippen LogP contribution is 2.40. The van der Waals surface area contributed by atoms with E-state index >= 15 is 0 Å². The van der Waals surface area contributed by atoms with Gasteiger partial charge in [0.25, 0.3) is 0 Å². The lowest BCUT2D eigenvalue weighted by Crippen LogP contribution is -2.44. The van der Waals surface area contributed by atoms with Crippen LogP contribution in [0.25, 0.3) is 17.2 Å². The molecule has 4 rings (SSSR count). The Bertz CT molecular complexity index is 1740. The van der Waals surface area contributed by atoms with Crippen molar-refractivity contribution in [2.75, 3.05) is 32.2 Å². The topological polar surface area (TPSA) is 129 Å². The number of aliphatic hydroxyl groups excluding tert-OH is 1. The quantitative estimate of drug-likeness (QED) is 0.192. The van der Waals surface area contributed by atoms with E-state index in [0.717, 1.165) is 16.4 Å². The van der Waals surface area contributed by atoms with Gasteiger partial charge < -0.3 is 19.3 Å². The second-order valence-corrected chi connectivity index (χ2v) is 19.3. The van der Waals surface area contributed by atoms with Crippen molar-refractivity contribution in [1.82, 2.24) is 19.7 Å². The first-order chi connectivity index (χ1) is 21.2. The van der Waals surface area contributed by atoms with Gasteiger partial charge in [0, 0.05) is 32.3 Å². The molecule has 0 fully saturated rings. The van der Waals surface area contributed by atoms with Gasteiger partial charge in [0.1, 0.15) is 45.9 Å². The summed E-state index contributed by atoms with van der Waals surface area (Å²) in [6, 6.07) is 13.2. The molecule has 4 aromatic rings. The van der Waals surface area contributed by atoms with Gasteiger partial charge in [-0.3, -0.25) is 4.57 Å². The van der Waals surface area contributed by atoms with Crippen molar-refractivity contribution in [3.8, 4) is 34.6 Å². The van der Waals surface area contributed by atoms with Gasteiger partial charge in [-0.05, 0) is 37.2 Å². The highest BCUT2D eigenvalue weighted by atomic mass is 32.2. The Morgan fingerprint density at radius 1 is 0.956 bits per heavy atom. The van der Waals surface area contributed by atoms with Gasteiger partial charge in [0.2, 0.25) is 21.9 Å². The summed E-state index contributed by atoms with van der Waals surface area (Å²) in [6.45, 7) is 7.50. The molecule has 0 spiro atoms. The summed E-state index contributed by atoms with van der Waals surface area (Å²) >= 11 is 0. The van der Waals surface area contributed by atoms with E-state index in [1.165, 1.54) is 32.8 Å². The van der Waals surface area contributed by atoms with Crippen LogP contribution in [0.4, 0.5) is 14.7 Å². The normalized spacial score (nSPS) is 13.3.